The Morgan fingerprint density at radius 2 is 1.84 bits per heavy atom. The van der Waals surface area contributed by atoms with Gasteiger partial charge in [0.15, 0.2) is 0 Å². The van der Waals surface area contributed by atoms with E-state index in [9.17, 15) is 20.0 Å². The maximum atomic E-state index is 13.3. The highest BCUT2D eigenvalue weighted by Crippen LogP contribution is 2.32. The van der Waals surface area contributed by atoms with Crippen LogP contribution >= 0.6 is 0 Å². The summed E-state index contributed by atoms with van der Waals surface area (Å²) in [7, 11) is 1.54. The fourth-order valence-corrected chi connectivity index (χ4v) is 3.70. The van der Waals surface area contributed by atoms with Crippen molar-refractivity contribution in [3.05, 3.63) is 64.6 Å². The summed E-state index contributed by atoms with van der Waals surface area (Å²) in [6.45, 7) is 5.50. The lowest BCUT2D eigenvalue weighted by molar-refractivity contribution is 0.0976. The number of ether oxygens (including phenoxy) is 1. The van der Waals surface area contributed by atoms with Gasteiger partial charge in [0, 0.05) is 35.0 Å². The van der Waals surface area contributed by atoms with E-state index >= 15 is 0 Å². The lowest BCUT2D eigenvalue weighted by Crippen LogP contribution is -2.47. The van der Waals surface area contributed by atoms with Crippen molar-refractivity contribution >= 4 is 16.9 Å². The van der Waals surface area contributed by atoms with Crippen LogP contribution in [0.1, 0.15) is 26.5 Å². The van der Waals surface area contributed by atoms with Gasteiger partial charge in [-0.3, -0.25) is 9.36 Å². The number of amides is 1. The third kappa shape index (κ3) is 4.24. The van der Waals surface area contributed by atoms with Crippen LogP contribution in [0.2, 0.25) is 0 Å². The molecule has 0 aliphatic carbocycles. The predicted octanol–water partition coefficient (Wildman–Crippen LogP) is 4.33. The Bertz CT molecular complexity index is 1220. The largest absolute Gasteiger partial charge is 0.497 e. The minimum Gasteiger partial charge on any atom is -0.497 e. The lowest BCUT2D eigenvalue weighted by Gasteiger charge is -2.33. The van der Waals surface area contributed by atoms with Crippen molar-refractivity contribution in [2.75, 3.05) is 13.7 Å². The molecule has 2 aromatic carbocycles. The molecule has 0 fully saturated rings. The first-order chi connectivity index (χ1) is 14.7. The molecular formula is C24H25N3O4. The van der Waals surface area contributed by atoms with Gasteiger partial charge in [-0.15, -0.1) is 0 Å². The quantitative estimate of drug-likeness (QED) is 0.664. The van der Waals surface area contributed by atoms with Crippen LogP contribution in [-0.2, 0) is 6.54 Å². The van der Waals surface area contributed by atoms with E-state index in [-0.39, 0.29) is 24.3 Å². The molecule has 0 spiro atoms. The van der Waals surface area contributed by atoms with E-state index in [1.54, 1.807) is 46.1 Å². The molecule has 0 saturated heterocycles. The molecule has 7 heteroatoms. The van der Waals surface area contributed by atoms with Crippen molar-refractivity contribution in [3.63, 3.8) is 0 Å². The highest BCUT2D eigenvalue weighted by Gasteiger charge is 2.27. The van der Waals surface area contributed by atoms with Gasteiger partial charge in [0.25, 0.3) is 5.56 Å². The second kappa shape index (κ2) is 8.52. The molecule has 31 heavy (non-hydrogen) atoms. The average molecular weight is 419 g/mol. The number of rotatable bonds is 5. The van der Waals surface area contributed by atoms with Gasteiger partial charge in [-0.1, -0.05) is 30.3 Å². The Morgan fingerprint density at radius 3 is 2.39 bits per heavy atom. The molecule has 1 N–H and O–H groups in total. The Hall–Kier alpha value is -3.79. The van der Waals surface area contributed by atoms with Gasteiger partial charge in [0.05, 0.1) is 7.11 Å². The molecule has 0 saturated carbocycles. The average Bonchev–Trinajstić information content (AvgIpc) is 2.73. The van der Waals surface area contributed by atoms with Crippen molar-refractivity contribution in [3.8, 4) is 22.9 Å². The van der Waals surface area contributed by atoms with Crippen LogP contribution in [0.4, 0.5) is 4.79 Å². The van der Waals surface area contributed by atoms with Crippen LogP contribution in [0.5, 0.6) is 5.75 Å². The van der Waals surface area contributed by atoms with Crippen molar-refractivity contribution in [2.45, 2.75) is 32.9 Å². The molecule has 0 bridgehead atoms. The zero-order chi connectivity index (χ0) is 22.8. The van der Waals surface area contributed by atoms with E-state index < -0.39 is 11.6 Å². The molecular weight excluding hydrogens is 394 g/mol. The Labute approximate surface area is 180 Å². The van der Waals surface area contributed by atoms with Crippen LogP contribution in [0.15, 0.2) is 53.3 Å². The van der Waals surface area contributed by atoms with Crippen molar-refractivity contribution < 1.29 is 14.6 Å². The number of fused-ring (bicyclic) bond motifs is 1. The highest BCUT2D eigenvalue weighted by molar-refractivity contribution is 5.99. The number of benzene rings is 2. The van der Waals surface area contributed by atoms with Crippen molar-refractivity contribution in [1.29, 1.82) is 5.26 Å². The van der Waals surface area contributed by atoms with Crippen LogP contribution in [0.25, 0.3) is 21.9 Å². The van der Waals surface area contributed by atoms with Gasteiger partial charge in [0.1, 0.15) is 17.5 Å². The summed E-state index contributed by atoms with van der Waals surface area (Å²) in [5, 5.41) is 20.7. The number of hydrogen-bond donors (Lipinski definition) is 1. The number of pyridine rings is 1. The SMILES string of the molecule is COc1ccc2c(=O)n(CCN(C(=O)O)C(C)(C)C)c(C#N)c(-c3ccccc3)c2c1. The Morgan fingerprint density at radius 1 is 1.16 bits per heavy atom. The molecule has 1 aromatic heterocycles. The summed E-state index contributed by atoms with van der Waals surface area (Å²) in [6.07, 6.45) is -1.08. The van der Waals surface area contributed by atoms with E-state index in [2.05, 4.69) is 6.07 Å². The number of hydrogen-bond acceptors (Lipinski definition) is 4. The zero-order valence-electron chi connectivity index (χ0n) is 18.0. The third-order valence-electron chi connectivity index (χ3n) is 5.23. The summed E-state index contributed by atoms with van der Waals surface area (Å²) in [6, 6.07) is 16.7. The maximum absolute atomic E-state index is 13.3. The Kier molecular flexibility index (Phi) is 6.02. The monoisotopic (exact) mass is 419 g/mol. The molecule has 3 rings (SSSR count). The van der Waals surface area contributed by atoms with E-state index in [4.69, 9.17) is 4.74 Å². The number of nitrogens with zero attached hydrogens (tertiary/aromatic N) is 3. The van der Waals surface area contributed by atoms with Crippen molar-refractivity contribution in [2.24, 2.45) is 0 Å². The van der Waals surface area contributed by atoms with Gasteiger partial charge in [-0.05, 0) is 44.5 Å². The second-order valence-electron chi connectivity index (χ2n) is 8.17. The summed E-state index contributed by atoms with van der Waals surface area (Å²) in [5.74, 6) is 0.579. The molecule has 3 aromatic rings. The van der Waals surface area contributed by atoms with Gasteiger partial charge >= 0.3 is 6.09 Å². The zero-order valence-corrected chi connectivity index (χ0v) is 18.0. The maximum Gasteiger partial charge on any atom is 0.407 e. The number of carboxylic acid groups (broad SMARTS) is 1. The summed E-state index contributed by atoms with van der Waals surface area (Å²) < 4.78 is 6.71. The number of aromatic nitrogens is 1. The molecule has 0 aliphatic rings. The molecule has 0 unspecified atom stereocenters. The van der Waals surface area contributed by atoms with Gasteiger partial charge in [-0.2, -0.15) is 5.26 Å². The molecule has 1 amide bonds. The van der Waals surface area contributed by atoms with E-state index in [0.717, 1.165) is 5.56 Å². The molecule has 160 valence electrons. The minimum atomic E-state index is -1.08. The third-order valence-corrected chi connectivity index (χ3v) is 5.23. The first-order valence-electron chi connectivity index (χ1n) is 9.89. The topological polar surface area (TPSA) is 95.6 Å². The van der Waals surface area contributed by atoms with E-state index in [0.29, 0.717) is 22.1 Å². The first kappa shape index (κ1) is 21.9. The minimum absolute atomic E-state index is 0.0626. The number of methoxy groups -OCH3 is 1. The fourth-order valence-electron chi connectivity index (χ4n) is 3.70. The summed E-state index contributed by atoms with van der Waals surface area (Å²) in [5.41, 5.74) is 0.616. The molecule has 7 nitrogen and oxygen atoms in total. The van der Waals surface area contributed by atoms with Gasteiger partial charge < -0.3 is 14.7 Å². The van der Waals surface area contributed by atoms with E-state index in [1.165, 1.54) is 9.47 Å². The number of carbonyl (C=O) groups is 1. The smallest absolute Gasteiger partial charge is 0.407 e. The molecule has 1 heterocycles. The van der Waals surface area contributed by atoms with Gasteiger partial charge in [0.2, 0.25) is 0 Å². The number of nitriles is 1. The van der Waals surface area contributed by atoms with Gasteiger partial charge in [-0.25, -0.2) is 4.79 Å². The van der Waals surface area contributed by atoms with Crippen LogP contribution in [0, 0.1) is 11.3 Å². The van der Waals surface area contributed by atoms with Crippen LogP contribution in [-0.4, -0.2) is 39.9 Å². The standard InChI is InChI=1S/C24H25N3O4/c1-24(2,3)27(23(29)30)13-12-26-20(15-25)21(16-8-6-5-7-9-16)19-14-17(31-4)10-11-18(19)22(26)28/h5-11,14H,12-13H2,1-4H3,(H,29,30). The Balaban J connectivity index is 2.28. The second-order valence-corrected chi connectivity index (χ2v) is 8.17. The lowest BCUT2D eigenvalue weighted by atomic mass is 9.96. The molecule has 0 aliphatic heterocycles. The summed E-state index contributed by atoms with van der Waals surface area (Å²) >= 11 is 0. The van der Waals surface area contributed by atoms with E-state index in [1.807, 2.05) is 30.3 Å². The molecule has 0 radical (unpaired) electrons. The fraction of sp³-hybridized carbons (Fsp3) is 0.292. The molecule has 0 atom stereocenters. The van der Waals surface area contributed by atoms with Crippen LogP contribution < -0.4 is 10.3 Å². The summed E-state index contributed by atoms with van der Waals surface area (Å²) in [4.78, 5) is 26.3. The first-order valence-corrected chi connectivity index (χ1v) is 9.89. The highest BCUT2D eigenvalue weighted by atomic mass is 16.5. The van der Waals surface area contributed by atoms with Crippen molar-refractivity contribution in [1.82, 2.24) is 9.47 Å². The normalized spacial score (nSPS) is 11.2. The van der Waals surface area contributed by atoms with Crippen LogP contribution in [0.3, 0.4) is 0 Å². The predicted molar refractivity (Wildman–Crippen MR) is 119 cm³/mol.